The molecule has 0 radical (unpaired) electrons. The first-order valence-corrected chi connectivity index (χ1v) is 10.3. The summed E-state index contributed by atoms with van der Waals surface area (Å²) in [6.07, 6.45) is 2.48. The van der Waals surface area contributed by atoms with Crippen LogP contribution in [0.15, 0.2) is 73.1 Å². The molecule has 0 saturated carbocycles. The minimum atomic E-state index is -1.20. The summed E-state index contributed by atoms with van der Waals surface area (Å²) in [5, 5.41) is 19.8. The third kappa shape index (κ3) is 5.34. The minimum absolute atomic E-state index is 0.0492. The summed E-state index contributed by atoms with van der Waals surface area (Å²) in [6, 6.07) is 17.5. The van der Waals surface area contributed by atoms with E-state index in [1.807, 2.05) is 61.5 Å². The third-order valence-corrected chi connectivity index (χ3v) is 4.95. The number of carbonyl (C=O) groups excluding carboxylic acids is 2. The number of aliphatic hydroxyl groups excluding tert-OH is 1. The molecule has 33 heavy (non-hydrogen) atoms. The van der Waals surface area contributed by atoms with E-state index in [-0.39, 0.29) is 12.4 Å². The van der Waals surface area contributed by atoms with Crippen molar-refractivity contribution in [1.82, 2.24) is 20.1 Å². The maximum Gasteiger partial charge on any atom is 0.408 e. The number of amides is 2. The molecule has 0 spiro atoms. The van der Waals surface area contributed by atoms with E-state index in [4.69, 9.17) is 4.74 Å². The van der Waals surface area contributed by atoms with Crippen molar-refractivity contribution in [2.75, 3.05) is 11.9 Å². The first-order valence-electron chi connectivity index (χ1n) is 10.3. The van der Waals surface area contributed by atoms with Crippen molar-refractivity contribution in [2.24, 2.45) is 0 Å². The van der Waals surface area contributed by atoms with E-state index in [9.17, 15) is 14.7 Å². The van der Waals surface area contributed by atoms with Crippen molar-refractivity contribution in [3.8, 4) is 5.69 Å². The van der Waals surface area contributed by atoms with Gasteiger partial charge < -0.3 is 20.5 Å². The molecule has 1 unspecified atom stereocenters. The lowest BCUT2D eigenvalue weighted by Gasteiger charge is -2.16. The smallest absolute Gasteiger partial charge is 0.408 e. The van der Waals surface area contributed by atoms with Gasteiger partial charge >= 0.3 is 6.09 Å². The molecule has 0 saturated heterocycles. The number of anilines is 1. The molecule has 1 atom stereocenters. The van der Waals surface area contributed by atoms with Crippen molar-refractivity contribution < 1.29 is 19.4 Å². The molecule has 0 aliphatic carbocycles. The van der Waals surface area contributed by atoms with Gasteiger partial charge in [-0.05, 0) is 30.2 Å². The standard InChI is InChI=1S/C24H23N5O4/c1-16-6-5-9-19(10-16)29-21-11-22(25-12-18(21)13-26-29)28-23(31)20(14-30)27-24(32)33-15-17-7-3-2-4-8-17/h2-13,20,30H,14-15H2,1H3,(H,27,32)(H,25,28,31). The Bertz CT molecular complexity index is 1270. The molecule has 2 heterocycles. The average molecular weight is 445 g/mol. The van der Waals surface area contributed by atoms with Crippen molar-refractivity contribution in [3.63, 3.8) is 0 Å². The summed E-state index contributed by atoms with van der Waals surface area (Å²) in [5.74, 6) is -0.359. The number of rotatable bonds is 7. The number of aryl methyl sites for hydroxylation is 1. The van der Waals surface area contributed by atoms with Crippen molar-refractivity contribution in [3.05, 3.63) is 84.2 Å². The zero-order chi connectivity index (χ0) is 23.2. The van der Waals surface area contributed by atoms with Gasteiger partial charge in [-0.25, -0.2) is 14.5 Å². The largest absolute Gasteiger partial charge is 0.445 e. The first kappa shape index (κ1) is 22.0. The molecule has 4 rings (SSSR count). The molecule has 4 aromatic rings. The Labute approximate surface area is 190 Å². The van der Waals surface area contributed by atoms with Gasteiger partial charge in [-0.3, -0.25) is 4.79 Å². The van der Waals surface area contributed by atoms with Gasteiger partial charge in [-0.15, -0.1) is 0 Å². The second-order valence-electron chi connectivity index (χ2n) is 7.45. The number of carbonyl (C=O) groups is 2. The molecule has 0 bridgehead atoms. The normalized spacial score (nSPS) is 11.7. The first-order chi connectivity index (χ1) is 16.0. The van der Waals surface area contributed by atoms with Crippen LogP contribution in [0.25, 0.3) is 16.6 Å². The fourth-order valence-electron chi connectivity index (χ4n) is 3.27. The number of nitrogens with one attached hydrogen (secondary N) is 2. The van der Waals surface area contributed by atoms with Gasteiger partial charge in [0.05, 0.1) is 24.0 Å². The molecule has 2 aromatic carbocycles. The van der Waals surface area contributed by atoms with Crippen LogP contribution in [0.3, 0.4) is 0 Å². The van der Waals surface area contributed by atoms with Crippen LogP contribution < -0.4 is 10.6 Å². The minimum Gasteiger partial charge on any atom is -0.445 e. The highest BCUT2D eigenvalue weighted by molar-refractivity contribution is 5.97. The monoisotopic (exact) mass is 445 g/mol. The molecular formula is C24H23N5O4. The van der Waals surface area contributed by atoms with Crippen molar-refractivity contribution >= 4 is 28.7 Å². The summed E-state index contributed by atoms with van der Waals surface area (Å²) in [4.78, 5) is 28.9. The van der Waals surface area contributed by atoms with E-state index < -0.39 is 24.6 Å². The lowest BCUT2D eigenvalue weighted by molar-refractivity contribution is -0.118. The van der Waals surface area contributed by atoms with Crippen molar-refractivity contribution in [1.29, 1.82) is 0 Å². The highest BCUT2D eigenvalue weighted by Crippen LogP contribution is 2.21. The Kier molecular flexibility index (Phi) is 6.61. The van der Waals surface area contributed by atoms with E-state index >= 15 is 0 Å². The van der Waals surface area contributed by atoms with Crippen LogP contribution in [-0.4, -0.2) is 44.5 Å². The molecule has 0 aliphatic rings. The topological polar surface area (TPSA) is 118 Å². The highest BCUT2D eigenvalue weighted by atomic mass is 16.5. The van der Waals surface area contributed by atoms with Crippen molar-refractivity contribution in [2.45, 2.75) is 19.6 Å². The number of hydrogen-bond acceptors (Lipinski definition) is 6. The number of benzene rings is 2. The lowest BCUT2D eigenvalue weighted by Crippen LogP contribution is -2.46. The van der Waals surface area contributed by atoms with E-state index in [2.05, 4.69) is 20.7 Å². The quantitative estimate of drug-likeness (QED) is 0.403. The zero-order valence-electron chi connectivity index (χ0n) is 17.9. The Balaban J connectivity index is 1.43. The number of aromatic nitrogens is 3. The summed E-state index contributed by atoms with van der Waals surface area (Å²) in [5.41, 5.74) is 3.53. The Morgan fingerprint density at radius 1 is 1.09 bits per heavy atom. The summed E-state index contributed by atoms with van der Waals surface area (Å²) in [7, 11) is 0. The lowest BCUT2D eigenvalue weighted by atomic mass is 10.2. The molecule has 3 N–H and O–H groups in total. The SMILES string of the molecule is Cc1cccc(-n2ncc3cnc(NC(=O)C(CO)NC(=O)OCc4ccccc4)cc32)c1. The maximum atomic E-state index is 12.6. The van der Waals surface area contributed by atoms with Crippen LogP contribution in [0.1, 0.15) is 11.1 Å². The number of aliphatic hydroxyl groups is 1. The van der Waals surface area contributed by atoms with E-state index in [0.29, 0.717) is 0 Å². The van der Waals surface area contributed by atoms with Gasteiger partial charge in [-0.1, -0.05) is 42.5 Å². The predicted octanol–water partition coefficient (Wildman–Crippen LogP) is 2.95. The third-order valence-electron chi connectivity index (χ3n) is 4.95. The number of nitrogens with zero attached hydrogens (tertiary/aromatic N) is 3. The van der Waals surface area contributed by atoms with E-state index in [1.165, 1.54) is 0 Å². The maximum absolute atomic E-state index is 12.6. The van der Waals surface area contributed by atoms with E-state index in [1.54, 1.807) is 23.1 Å². The molecule has 0 aliphatic heterocycles. The van der Waals surface area contributed by atoms with Crippen LogP contribution in [-0.2, 0) is 16.1 Å². The number of pyridine rings is 1. The number of ether oxygens (including phenoxy) is 1. The predicted molar refractivity (Wildman–Crippen MR) is 123 cm³/mol. The van der Waals surface area contributed by atoms with Gasteiger partial charge in [0.15, 0.2) is 0 Å². The van der Waals surface area contributed by atoms with Crippen LogP contribution in [0.4, 0.5) is 10.6 Å². The Morgan fingerprint density at radius 3 is 2.67 bits per heavy atom. The van der Waals surface area contributed by atoms with Gasteiger partial charge in [0.2, 0.25) is 0 Å². The second kappa shape index (κ2) is 9.92. The highest BCUT2D eigenvalue weighted by Gasteiger charge is 2.21. The molecule has 0 fully saturated rings. The number of fused-ring (bicyclic) bond motifs is 1. The molecular weight excluding hydrogens is 422 g/mol. The summed E-state index contributed by atoms with van der Waals surface area (Å²) in [6.45, 7) is 1.44. The molecule has 2 amide bonds. The molecule has 9 heteroatoms. The molecule has 2 aromatic heterocycles. The van der Waals surface area contributed by atoms with Gasteiger partial charge in [0.1, 0.15) is 18.5 Å². The Morgan fingerprint density at radius 2 is 1.91 bits per heavy atom. The Hall–Kier alpha value is -4.24. The van der Waals surface area contributed by atoms with E-state index in [0.717, 1.165) is 27.7 Å². The fraction of sp³-hybridized carbons (Fsp3) is 0.167. The van der Waals surface area contributed by atoms with Crippen LogP contribution in [0.5, 0.6) is 0 Å². The van der Waals surface area contributed by atoms with Crippen LogP contribution >= 0.6 is 0 Å². The molecule has 168 valence electrons. The number of alkyl carbamates (subject to hydrolysis) is 1. The summed E-state index contributed by atoms with van der Waals surface area (Å²) >= 11 is 0. The second-order valence-corrected chi connectivity index (χ2v) is 7.45. The summed E-state index contributed by atoms with van der Waals surface area (Å²) < 4.78 is 6.87. The average Bonchev–Trinajstić information content (AvgIpc) is 3.25. The van der Waals surface area contributed by atoms with Crippen LogP contribution in [0.2, 0.25) is 0 Å². The molecule has 9 nitrogen and oxygen atoms in total. The fourth-order valence-corrected chi connectivity index (χ4v) is 3.27. The van der Waals surface area contributed by atoms with Crippen LogP contribution in [0, 0.1) is 6.92 Å². The zero-order valence-corrected chi connectivity index (χ0v) is 17.9. The van der Waals surface area contributed by atoms with Gasteiger partial charge in [0.25, 0.3) is 5.91 Å². The number of hydrogen-bond donors (Lipinski definition) is 3. The van der Waals surface area contributed by atoms with Gasteiger partial charge in [0, 0.05) is 17.6 Å². The van der Waals surface area contributed by atoms with Gasteiger partial charge in [-0.2, -0.15) is 5.10 Å².